The van der Waals surface area contributed by atoms with Crippen molar-refractivity contribution in [2.24, 2.45) is 12.8 Å². The van der Waals surface area contributed by atoms with E-state index in [4.69, 9.17) is 5.73 Å². The highest BCUT2D eigenvalue weighted by Crippen LogP contribution is 2.10. The van der Waals surface area contributed by atoms with Gasteiger partial charge < -0.3 is 15.6 Å². The number of amides is 2. The van der Waals surface area contributed by atoms with Gasteiger partial charge in [0.1, 0.15) is 0 Å². The van der Waals surface area contributed by atoms with Gasteiger partial charge in [-0.3, -0.25) is 19.3 Å². The fourth-order valence-corrected chi connectivity index (χ4v) is 2.41. The first-order valence-electron chi connectivity index (χ1n) is 6.94. The van der Waals surface area contributed by atoms with Crippen LogP contribution in [0.15, 0.2) is 23.1 Å². The van der Waals surface area contributed by atoms with Crippen molar-refractivity contribution in [2.75, 3.05) is 19.6 Å². The number of pyridine rings is 1. The molecule has 1 aliphatic heterocycles. The predicted molar refractivity (Wildman–Crippen MR) is 77.8 cm³/mol. The number of carbonyl (C=O) groups excluding carboxylic acids is 2. The zero-order valence-corrected chi connectivity index (χ0v) is 12.0. The number of likely N-dealkylation sites (tertiary alicyclic amines) is 1. The number of aromatic nitrogens is 1. The molecule has 1 aromatic heterocycles. The summed E-state index contributed by atoms with van der Waals surface area (Å²) in [5, 5.41) is 2.93. The van der Waals surface area contributed by atoms with Gasteiger partial charge in [0.05, 0.1) is 6.54 Å². The number of hydrogen-bond acceptors (Lipinski definition) is 4. The van der Waals surface area contributed by atoms with Crippen LogP contribution in [-0.2, 0) is 11.8 Å². The van der Waals surface area contributed by atoms with Gasteiger partial charge in [-0.2, -0.15) is 0 Å². The molecule has 7 nitrogen and oxygen atoms in total. The van der Waals surface area contributed by atoms with Crippen molar-refractivity contribution in [1.29, 1.82) is 0 Å². The van der Waals surface area contributed by atoms with Gasteiger partial charge in [-0.1, -0.05) is 0 Å². The van der Waals surface area contributed by atoms with E-state index in [-0.39, 0.29) is 30.0 Å². The molecule has 0 bridgehead atoms. The summed E-state index contributed by atoms with van der Waals surface area (Å²) in [5.41, 5.74) is 5.32. The highest BCUT2D eigenvalue weighted by Gasteiger charge is 2.21. The lowest BCUT2D eigenvalue weighted by molar-refractivity contribution is -0.119. The number of aryl methyl sites for hydroxylation is 1. The van der Waals surface area contributed by atoms with Gasteiger partial charge in [-0.25, -0.2) is 0 Å². The first-order chi connectivity index (χ1) is 9.95. The number of piperidine rings is 1. The van der Waals surface area contributed by atoms with Crippen molar-refractivity contribution < 1.29 is 9.59 Å². The second kappa shape index (κ2) is 6.53. The van der Waals surface area contributed by atoms with Crippen LogP contribution in [0.4, 0.5) is 0 Å². The minimum Gasteiger partial charge on any atom is -0.369 e. The second-order valence-corrected chi connectivity index (χ2v) is 5.35. The van der Waals surface area contributed by atoms with E-state index >= 15 is 0 Å². The number of carbonyl (C=O) groups is 2. The maximum atomic E-state index is 12.1. The standard InChI is InChI=1S/C14H20N4O3/c1-17-5-2-10(8-13(17)20)14(21)16-11-3-6-18(7-4-11)9-12(15)19/h2,5,8,11H,3-4,6-7,9H2,1H3,(H2,15,19)(H,16,21). The van der Waals surface area contributed by atoms with Crippen molar-refractivity contribution >= 4 is 11.8 Å². The Morgan fingerprint density at radius 3 is 2.62 bits per heavy atom. The smallest absolute Gasteiger partial charge is 0.251 e. The number of rotatable bonds is 4. The Kier molecular flexibility index (Phi) is 4.74. The summed E-state index contributed by atoms with van der Waals surface area (Å²) in [4.78, 5) is 36.4. The van der Waals surface area contributed by atoms with E-state index in [9.17, 15) is 14.4 Å². The summed E-state index contributed by atoms with van der Waals surface area (Å²) < 4.78 is 1.42. The van der Waals surface area contributed by atoms with Crippen LogP contribution in [-0.4, -0.2) is 47.0 Å². The lowest BCUT2D eigenvalue weighted by Gasteiger charge is -2.31. The first-order valence-corrected chi connectivity index (χ1v) is 6.94. The molecule has 114 valence electrons. The van der Waals surface area contributed by atoms with Crippen LogP contribution in [0.3, 0.4) is 0 Å². The van der Waals surface area contributed by atoms with E-state index in [2.05, 4.69) is 5.32 Å². The molecule has 3 N–H and O–H groups in total. The molecule has 21 heavy (non-hydrogen) atoms. The SMILES string of the molecule is Cn1ccc(C(=O)NC2CCN(CC(N)=O)CC2)cc1=O. The Balaban J connectivity index is 1.88. The maximum absolute atomic E-state index is 12.1. The first kappa shape index (κ1) is 15.2. The highest BCUT2D eigenvalue weighted by atomic mass is 16.2. The zero-order chi connectivity index (χ0) is 15.4. The summed E-state index contributed by atoms with van der Waals surface area (Å²) >= 11 is 0. The molecule has 1 aliphatic rings. The molecule has 0 spiro atoms. The van der Waals surface area contributed by atoms with Crippen LogP contribution >= 0.6 is 0 Å². The average Bonchev–Trinajstić information content (AvgIpc) is 2.43. The molecule has 1 fully saturated rings. The molecule has 2 rings (SSSR count). The molecule has 0 radical (unpaired) electrons. The van der Waals surface area contributed by atoms with Crippen molar-refractivity contribution in [3.05, 3.63) is 34.2 Å². The van der Waals surface area contributed by atoms with Gasteiger partial charge in [0.25, 0.3) is 11.5 Å². The minimum absolute atomic E-state index is 0.0608. The predicted octanol–water partition coefficient (Wildman–Crippen LogP) is -0.935. The van der Waals surface area contributed by atoms with Gasteiger partial charge in [0.15, 0.2) is 0 Å². The van der Waals surface area contributed by atoms with Crippen LogP contribution in [0.25, 0.3) is 0 Å². The minimum atomic E-state index is -0.336. The molecule has 2 amide bonds. The second-order valence-electron chi connectivity index (χ2n) is 5.35. The number of hydrogen-bond donors (Lipinski definition) is 2. The number of nitrogens with one attached hydrogen (secondary N) is 1. The number of nitrogens with zero attached hydrogens (tertiary/aromatic N) is 2. The van der Waals surface area contributed by atoms with E-state index in [1.54, 1.807) is 19.3 Å². The summed E-state index contributed by atoms with van der Waals surface area (Å²) in [6.07, 6.45) is 3.11. The fourth-order valence-electron chi connectivity index (χ4n) is 2.41. The third kappa shape index (κ3) is 4.16. The van der Waals surface area contributed by atoms with Crippen LogP contribution < -0.4 is 16.6 Å². The quantitative estimate of drug-likeness (QED) is 0.749. The molecular weight excluding hydrogens is 272 g/mol. The molecule has 0 atom stereocenters. The zero-order valence-electron chi connectivity index (χ0n) is 12.0. The molecule has 1 aromatic rings. The Hall–Kier alpha value is -2.15. The number of primary amides is 1. The Morgan fingerprint density at radius 2 is 2.05 bits per heavy atom. The van der Waals surface area contributed by atoms with E-state index in [1.807, 2.05) is 4.90 Å². The summed E-state index contributed by atoms with van der Waals surface area (Å²) in [5.74, 6) is -0.571. The Morgan fingerprint density at radius 1 is 1.38 bits per heavy atom. The monoisotopic (exact) mass is 292 g/mol. The fraction of sp³-hybridized carbons (Fsp3) is 0.500. The summed E-state index contributed by atoms with van der Waals surface area (Å²) in [7, 11) is 1.64. The molecule has 2 heterocycles. The van der Waals surface area contributed by atoms with Gasteiger partial charge >= 0.3 is 0 Å². The lowest BCUT2D eigenvalue weighted by atomic mass is 10.0. The topological polar surface area (TPSA) is 97.4 Å². The van der Waals surface area contributed by atoms with Crippen molar-refractivity contribution in [2.45, 2.75) is 18.9 Å². The normalized spacial score (nSPS) is 16.6. The third-order valence-corrected chi connectivity index (χ3v) is 3.67. The van der Waals surface area contributed by atoms with Crippen molar-refractivity contribution in [3.63, 3.8) is 0 Å². The molecule has 0 aliphatic carbocycles. The molecule has 7 heteroatoms. The van der Waals surface area contributed by atoms with Crippen molar-refractivity contribution in [1.82, 2.24) is 14.8 Å². The van der Waals surface area contributed by atoms with Gasteiger partial charge in [-0.15, -0.1) is 0 Å². The Bertz CT molecular complexity index is 588. The van der Waals surface area contributed by atoms with E-state index in [0.29, 0.717) is 5.56 Å². The summed E-state index contributed by atoms with van der Waals surface area (Å²) in [6.45, 7) is 1.71. The van der Waals surface area contributed by atoms with E-state index in [0.717, 1.165) is 25.9 Å². The maximum Gasteiger partial charge on any atom is 0.251 e. The number of nitrogens with two attached hydrogens (primary N) is 1. The molecule has 1 saturated heterocycles. The largest absolute Gasteiger partial charge is 0.369 e. The van der Waals surface area contributed by atoms with Gasteiger partial charge in [0, 0.05) is 44.0 Å². The van der Waals surface area contributed by atoms with Crippen LogP contribution in [0, 0.1) is 0 Å². The van der Waals surface area contributed by atoms with Gasteiger partial charge in [-0.05, 0) is 18.9 Å². The van der Waals surface area contributed by atoms with Crippen molar-refractivity contribution in [3.8, 4) is 0 Å². The van der Waals surface area contributed by atoms with Crippen LogP contribution in [0.5, 0.6) is 0 Å². The molecule has 0 aromatic carbocycles. The Labute approximate surface area is 122 Å². The molecular formula is C14H20N4O3. The lowest BCUT2D eigenvalue weighted by Crippen LogP contribution is -2.46. The third-order valence-electron chi connectivity index (χ3n) is 3.67. The van der Waals surface area contributed by atoms with Crippen LogP contribution in [0.2, 0.25) is 0 Å². The van der Waals surface area contributed by atoms with Crippen LogP contribution in [0.1, 0.15) is 23.2 Å². The van der Waals surface area contributed by atoms with Gasteiger partial charge in [0.2, 0.25) is 5.91 Å². The average molecular weight is 292 g/mol. The molecule has 0 saturated carbocycles. The van der Waals surface area contributed by atoms with E-state index in [1.165, 1.54) is 10.6 Å². The molecule has 0 unspecified atom stereocenters. The highest BCUT2D eigenvalue weighted by molar-refractivity contribution is 5.94. The summed E-state index contributed by atoms with van der Waals surface area (Å²) in [6, 6.07) is 3.02. The van der Waals surface area contributed by atoms with E-state index < -0.39 is 0 Å².